The van der Waals surface area contributed by atoms with E-state index in [1.54, 1.807) is 6.20 Å². The molecule has 5 heteroatoms. The van der Waals surface area contributed by atoms with Crippen LogP contribution in [0.3, 0.4) is 0 Å². The van der Waals surface area contributed by atoms with Crippen LogP contribution in [-0.2, 0) is 6.54 Å². The van der Waals surface area contributed by atoms with Crippen LogP contribution in [-0.4, -0.2) is 14.9 Å². The van der Waals surface area contributed by atoms with Crippen LogP contribution in [0, 0.1) is 0 Å². The lowest BCUT2D eigenvalue weighted by Gasteiger charge is -2.14. The smallest absolute Gasteiger partial charge is 0.302 e. The lowest BCUT2D eigenvalue weighted by molar-refractivity contribution is 0.377. The van der Waals surface area contributed by atoms with Crippen molar-refractivity contribution in [3.63, 3.8) is 0 Å². The molecule has 0 saturated carbocycles. The first-order valence-corrected chi connectivity index (χ1v) is 6.56. The van der Waals surface area contributed by atoms with Crippen molar-refractivity contribution in [1.29, 1.82) is 0 Å². The minimum Gasteiger partial charge on any atom is -0.426 e. The van der Waals surface area contributed by atoms with Crippen molar-refractivity contribution in [2.75, 3.05) is 0 Å². The Labute approximate surface area is 112 Å². The molecule has 2 unspecified atom stereocenters. The van der Waals surface area contributed by atoms with Gasteiger partial charge in [-0.25, -0.2) is 4.98 Å². The van der Waals surface area contributed by atoms with Gasteiger partial charge in [0.1, 0.15) is 5.76 Å². The Morgan fingerprint density at radius 3 is 3.00 bits per heavy atom. The van der Waals surface area contributed by atoms with E-state index >= 15 is 0 Å². The third-order valence-electron chi connectivity index (χ3n) is 2.86. The number of nitrogens with zero attached hydrogens (tertiary/aromatic N) is 2. The summed E-state index contributed by atoms with van der Waals surface area (Å²) in [6, 6.07) is 0.520. The van der Waals surface area contributed by atoms with E-state index in [4.69, 9.17) is 22.1 Å². The molecule has 98 valence electrons. The highest BCUT2D eigenvalue weighted by Gasteiger charge is 2.15. The van der Waals surface area contributed by atoms with Crippen molar-refractivity contribution in [2.24, 2.45) is 5.73 Å². The van der Waals surface area contributed by atoms with Gasteiger partial charge in [0, 0.05) is 12.6 Å². The van der Waals surface area contributed by atoms with Crippen molar-refractivity contribution < 1.29 is 4.74 Å². The molecule has 4 nitrogen and oxygen atoms in total. The minimum absolute atomic E-state index is 0.0575. The number of hydrogen-bond acceptors (Lipinski definition) is 3. The molecule has 1 heterocycles. The van der Waals surface area contributed by atoms with Gasteiger partial charge in [-0.2, -0.15) is 0 Å². The number of rotatable bonds is 4. The van der Waals surface area contributed by atoms with E-state index in [1.165, 1.54) is 0 Å². The monoisotopic (exact) mass is 267 g/mol. The molecule has 2 atom stereocenters. The van der Waals surface area contributed by atoms with E-state index in [-0.39, 0.29) is 11.4 Å². The highest BCUT2D eigenvalue weighted by atomic mass is 35.5. The van der Waals surface area contributed by atoms with Crippen LogP contribution in [0.5, 0.6) is 6.01 Å². The van der Waals surface area contributed by atoms with Gasteiger partial charge < -0.3 is 10.5 Å². The maximum Gasteiger partial charge on any atom is 0.302 e. The van der Waals surface area contributed by atoms with Crippen molar-refractivity contribution in [3.05, 3.63) is 35.9 Å². The summed E-state index contributed by atoms with van der Waals surface area (Å²) in [5, 5.41) is 0.0582. The molecule has 0 bridgehead atoms. The topological polar surface area (TPSA) is 53.1 Å². The van der Waals surface area contributed by atoms with Crippen molar-refractivity contribution >= 4 is 11.6 Å². The van der Waals surface area contributed by atoms with Gasteiger partial charge in [0.2, 0.25) is 0 Å². The maximum atomic E-state index is 5.96. The van der Waals surface area contributed by atoms with Gasteiger partial charge in [-0.05, 0) is 32.4 Å². The van der Waals surface area contributed by atoms with Gasteiger partial charge in [0.15, 0.2) is 0 Å². The van der Waals surface area contributed by atoms with Crippen LogP contribution in [0.1, 0.15) is 32.0 Å². The number of aromatic nitrogens is 2. The summed E-state index contributed by atoms with van der Waals surface area (Å²) in [6.07, 6.45) is 8.31. The molecule has 0 spiro atoms. The van der Waals surface area contributed by atoms with Crippen LogP contribution in [0.25, 0.3) is 0 Å². The molecule has 0 saturated heterocycles. The molecule has 1 aliphatic carbocycles. The number of halogens is 1. The lowest BCUT2D eigenvalue weighted by atomic mass is 10.2. The van der Waals surface area contributed by atoms with E-state index in [1.807, 2.05) is 36.6 Å². The van der Waals surface area contributed by atoms with Crippen LogP contribution in [0.15, 0.2) is 30.2 Å². The lowest BCUT2D eigenvalue weighted by Crippen LogP contribution is -2.13. The summed E-state index contributed by atoms with van der Waals surface area (Å²) in [4.78, 5) is 4.27. The number of hydrogen-bond donors (Lipinski definition) is 1. The van der Waals surface area contributed by atoms with Gasteiger partial charge in [-0.1, -0.05) is 6.08 Å². The summed E-state index contributed by atoms with van der Waals surface area (Å²) in [7, 11) is 0. The Balaban J connectivity index is 2.17. The van der Waals surface area contributed by atoms with Gasteiger partial charge in [0.05, 0.1) is 17.3 Å². The summed E-state index contributed by atoms with van der Waals surface area (Å²) in [5.41, 5.74) is 6.87. The normalized spacial score (nSPS) is 20.7. The molecular weight excluding hydrogens is 250 g/mol. The first-order chi connectivity index (χ1) is 8.61. The Hall–Kier alpha value is -1.26. The molecular formula is C13H18ClN3O. The van der Waals surface area contributed by atoms with Gasteiger partial charge in [-0.15, -0.1) is 11.6 Å². The first-order valence-electron chi connectivity index (χ1n) is 6.13. The van der Waals surface area contributed by atoms with Crippen molar-refractivity contribution in [1.82, 2.24) is 9.55 Å². The standard InChI is InChI=1S/C13H18ClN3O/c1-3-17-12(9(2)15)8-16-13(17)18-11-6-4-10(14)5-7-11/h4,6-10H,3,5,15H2,1-2H3. The Bertz CT molecular complexity index is 477. The summed E-state index contributed by atoms with van der Waals surface area (Å²) in [5.74, 6) is 0.781. The number of ether oxygens (including phenoxy) is 1. The van der Waals surface area contributed by atoms with E-state index in [0.717, 1.165) is 24.4 Å². The highest BCUT2D eigenvalue weighted by molar-refractivity contribution is 6.22. The van der Waals surface area contributed by atoms with Crippen LogP contribution < -0.4 is 10.5 Å². The number of allylic oxidation sites excluding steroid dienone is 3. The van der Waals surface area contributed by atoms with Gasteiger partial charge in [0.25, 0.3) is 0 Å². The largest absolute Gasteiger partial charge is 0.426 e. The number of imidazole rings is 1. The van der Waals surface area contributed by atoms with Gasteiger partial charge >= 0.3 is 6.01 Å². The summed E-state index contributed by atoms with van der Waals surface area (Å²) >= 11 is 5.96. The third kappa shape index (κ3) is 2.76. The zero-order valence-electron chi connectivity index (χ0n) is 10.6. The molecule has 1 aliphatic rings. The van der Waals surface area contributed by atoms with E-state index in [9.17, 15) is 0 Å². The second kappa shape index (κ2) is 5.59. The van der Waals surface area contributed by atoms with Crippen molar-refractivity contribution in [3.8, 4) is 6.01 Å². The fourth-order valence-corrected chi connectivity index (χ4v) is 2.05. The van der Waals surface area contributed by atoms with Crippen LogP contribution in [0.2, 0.25) is 0 Å². The molecule has 1 aromatic heterocycles. The second-order valence-corrected chi connectivity index (χ2v) is 4.88. The molecule has 0 aliphatic heterocycles. The minimum atomic E-state index is -0.0575. The van der Waals surface area contributed by atoms with Crippen molar-refractivity contribution in [2.45, 2.75) is 38.2 Å². The average Bonchev–Trinajstić information content (AvgIpc) is 2.75. The molecule has 2 rings (SSSR count). The Morgan fingerprint density at radius 2 is 2.44 bits per heavy atom. The highest BCUT2D eigenvalue weighted by Crippen LogP contribution is 2.22. The molecule has 1 aromatic rings. The zero-order valence-corrected chi connectivity index (χ0v) is 11.4. The third-order valence-corrected chi connectivity index (χ3v) is 3.18. The first kappa shape index (κ1) is 13.2. The number of alkyl halides is 1. The SMILES string of the molecule is CCn1c(C(C)N)cnc1OC1=CCC(Cl)C=C1. The van der Waals surface area contributed by atoms with E-state index in [0.29, 0.717) is 6.01 Å². The molecule has 2 N–H and O–H groups in total. The van der Waals surface area contributed by atoms with Crippen LogP contribution >= 0.6 is 11.6 Å². The Kier molecular flexibility index (Phi) is 4.09. The summed E-state index contributed by atoms with van der Waals surface area (Å²) in [6.45, 7) is 4.76. The molecule has 0 fully saturated rings. The van der Waals surface area contributed by atoms with E-state index < -0.39 is 0 Å². The quantitative estimate of drug-likeness (QED) is 0.854. The molecule has 18 heavy (non-hydrogen) atoms. The van der Waals surface area contributed by atoms with E-state index in [2.05, 4.69) is 4.98 Å². The van der Waals surface area contributed by atoms with Gasteiger partial charge in [-0.3, -0.25) is 4.57 Å². The summed E-state index contributed by atoms with van der Waals surface area (Å²) < 4.78 is 7.75. The van der Waals surface area contributed by atoms with Crippen LogP contribution in [0.4, 0.5) is 0 Å². The molecule has 0 aromatic carbocycles. The predicted molar refractivity (Wildman–Crippen MR) is 72.6 cm³/mol. The zero-order chi connectivity index (χ0) is 13.1. The maximum absolute atomic E-state index is 5.96. The predicted octanol–water partition coefficient (Wildman–Crippen LogP) is 2.75. The second-order valence-electron chi connectivity index (χ2n) is 4.32. The fraction of sp³-hybridized carbons (Fsp3) is 0.462. The number of nitrogens with two attached hydrogens (primary N) is 1. The Morgan fingerprint density at radius 1 is 1.67 bits per heavy atom. The fourth-order valence-electron chi connectivity index (χ4n) is 1.89. The average molecular weight is 268 g/mol. The molecule has 0 amide bonds. The molecule has 0 radical (unpaired) electrons.